The third-order valence-electron chi connectivity index (χ3n) is 3.18. The van der Waals surface area contributed by atoms with Crippen molar-refractivity contribution in [2.45, 2.75) is 10.1 Å². The van der Waals surface area contributed by atoms with Crippen molar-refractivity contribution in [2.75, 3.05) is 5.32 Å². The molecule has 0 saturated heterocycles. The number of carbonyl (C=O) groups excluding carboxylic acids is 1. The second-order valence-corrected chi connectivity index (χ2v) is 8.05. The van der Waals surface area contributed by atoms with Crippen LogP contribution in [0.5, 0.6) is 0 Å². The fraction of sp³-hybridized carbons (Fsp3) is 0.0588. The van der Waals surface area contributed by atoms with E-state index < -0.39 is 0 Å². The van der Waals surface area contributed by atoms with Gasteiger partial charge in [0.15, 0.2) is 4.34 Å². The van der Waals surface area contributed by atoms with Crippen molar-refractivity contribution in [2.24, 2.45) is 0 Å². The number of hydrogen-bond acceptors (Lipinski definition) is 6. The van der Waals surface area contributed by atoms with Gasteiger partial charge in [-0.05, 0) is 42.0 Å². The number of benzene rings is 2. The molecular weight excluding hydrogens is 420 g/mol. The molecule has 1 N–H and O–H groups in total. The average molecular weight is 431 g/mol. The lowest BCUT2D eigenvalue weighted by Gasteiger charge is -2.00. The molecule has 25 heavy (non-hydrogen) atoms. The number of thioether (sulfide) groups is 1. The summed E-state index contributed by atoms with van der Waals surface area (Å²) >= 11 is 6.21. The molecule has 5 nitrogen and oxygen atoms in total. The van der Waals surface area contributed by atoms with E-state index in [0.29, 0.717) is 16.3 Å². The Balaban J connectivity index is 1.57. The molecule has 0 unspecified atom stereocenters. The van der Waals surface area contributed by atoms with E-state index >= 15 is 0 Å². The minimum atomic E-state index is -0.215. The summed E-state index contributed by atoms with van der Waals surface area (Å²) in [6.45, 7) is 0. The summed E-state index contributed by atoms with van der Waals surface area (Å²) in [5.74, 6) is 0.508. The van der Waals surface area contributed by atoms with Crippen LogP contribution in [0.25, 0.3) is 0 Å². The summed E-state index contributed by atoms with van der Waals surface area (Å²) in [4.78, 5) is 12.2. The van der Waals surface area contributed by atoms with Gasteiger partial charge in [0.25, 0.3) is 5.91 Å². The van der Waals surface area contributed by atoms with Gasteiger partial charge in [-0.15, -0.1) is 10.2 Å². The zero-order chi connectivity index (χ0) is 17.6. The lowest BCUT2D eigenvalue weighted by Crippen LogP contribution is -2.11. The lowest BCUT2D eigenvalue weighted by atomic mass is 10.2. The predicted molar refractivity (Wildman–Crippen MR) is 103 cm³/mol. The van der Waals surface area contributed by atoms with Crippen LogP contribution in [-0.2, 0) is 5.75 Å². The topological polar surface area (TPSA) is 78.7 Å². The maximum atomic E-state index is 12.2. The summed E-state index contributed by atoms with van der Waals surface area (Å²) in [5, 5.41) is 20.1. The number of rotatable bonds is 5. The van der Waals surface area contributed by atoms with Gasteiger partial charge in [-0.2, -0.15) is 5.26 Å². The fourth-order valence-corrected chi connectivity index (χ4v) is 3.88. The highest BCUT2D eigenvalue weighted by Crippen LogP contribution is 2.28. The van der Waals surface area contributed by atoms with Crippen LogP contribution >= 0.6 is 39.0 Å². The number of anilines is 1. The number of nitrogens with one attached hydrogen (secondary N) is 1. The quantitative estimate of drug-likeness (QED) is 0.467. The molecule has 0 aliphatic carbocycles. The van der Waals surface area contributed by atoms with Crippen LogP contribution in [0.1, 0.15) is 21.5 Å². The van der Waals surface area contributed by atoms with E-state index in [1.807, 2.05) is 24.3 Å². The van der Waals surface area contributed by atoms with Gasteiger partial charge in [0, 0.05) is 15.8 Å². The number of nitrogens with zero attached hydrogens (tertiary/aromatic N) is 3. The molecule has 1 amide bonds. The van der Waals surface area contributed by atoms with Gasteiger partial charge < -0.3 is 0 Å². The molecule has 0 saturated carbocycles. The third kappa shape index (κ3) is 4.89. The number of nitriles is 1. The maximum Gasteiger partial charge on any atom is 0.257 e. The molecule has 8 heteroatoms. The number of hydrogen-bond donors (Lipinski definition) is 1. The second-order valence-electron chi connectivity index (χ2n) is 4.93. The van der Waals surface area contributed by atoms with E-state index in [9.17, 15) is 4.79 Å². The van der Waals surface area contributed by atoms with Crippen molar-refractivity contribution < 1.29 is 4.79 Å². The van der Waals surface area contributed by atoms with E-state index in [2.05, 4.69) is 37.5 Å². The molecule has 0 aliphatic rings. The number of halogens is 1. The first-order valence-corrected chi connectivity index (χ1v) is 9.76. The Kier molecular flexibility index (Phi) is 5.81. The van der Waals surface area contributed by atoms with Crippen molar-refractivity contribution in [1.82, 2.24) is 10.2 Å². The Morgan fingerprint density at radius 1 is 1.16 bits per heavy atom. The minimum Gasteiger partial charge on any atom is -0.296 e. The summed E-state index contributed by atoms with van der Waals surface area (Å²) in [6, 6.07) is 16.6. The zero-order valence-corrected chi connectivity index (χ0v) is 16.0. The smallest absolute Gasteiger partial charge is 0.257 e. The normalized spacial score (nSPS) is 10.2. The van der Waals surface area contributed by atoms with Gasteiger partial charge >= 0.3 is 0 Å². The van der Waals surface area contributed by atoms with Gasteiger partial charge in [0.2, 0.25) is 5.13 Å². The Morgan fingerprint density at radius 3 is 2.56 bits per heavy atom. The van der Waals surface area contributed by atoms with E-state index in [0.717, 1.165) is 20.1 Å². The van der Waals surface area contributed by atoms with Crippen LogP contribution in [0.15, 0.2) is 57.3 Å². The van der Waals surface area contributed by atoms with Gasteiger partial charge in [-0.25, -0.2) is 0 Å². The first kappa shape index (κ1) is 17.6. The first-order chi connectivity index (χ1) is 12.1. The largest absolute Gasteiger partial charge is 0.296 e. The van der Waals surface area contributed by atoms with E-state index in [-0.39, 0.29) is 5.91 Å². The Hall–Kier alpha value is -2.21. The zero-order valence-electron chi connectivity index (χ0n) is 12.8. The van der Waals surface area contributed by atoms with Gasteiger partial charge in [0.1, 0.15) is 0 Å². The van der Waals surface area contributed by atoms with E-state index in [4.69, 9.17) is 5.26 Å². The molecule has 0 aliphatic heterocycles. The van der Waals surface area contributed by atoms with Crippen molar-refractivity contribution >= 4 is 50.1 Å². The van der Waals surface area contributed by atoms with Crippen molar-refractivity contribution in [3.8, 4) is 6.07 Å². The standard InChI is InChI=1S/C17H11BrN4OS2/c18-14-7-5-13(6-8-14)15(23)20-16-21-22-17(25-16)24-10-12-3-1-11(9-19)2-4-12/h1-8H,10H2,(H,20,21,23). The van der Waals surface area contributed by atoms with Crippen LogP contribution < -0.4 is 5.32 Å². The summed E-state index contributed by atoms with van der Waals surface area (Å²) in [5.41, 5.74) is 2.30. The number of aromatic nitrogens is 2. The minimum absolute atomic E-state index is 0.215. The fourth-order valence-electron chi connectivity index (χ4n) is 1.91. The van der Waals surface area contributed by atoms with Crippen LogP contribution in [0, 0.1) is 11.3 Å². The molecule has 3 aromatic rings. The van der Waals surface area contributed by atoms with Crippen LogP contribution in [0.3, 0.4) is 0 Å². The molecule has 3 rings (SSSR count). The molecule has 0 radical (unpaired) electrons. The van der Waals surface area contributed by atoms with Gasteiger partial charge in [0.05, 0.1) is 11.6 Å². The van der Waals surface area contributed by atoms with Crippen molar-refractivity contribution in [3.05, 3.63) is 69.7 Å². The lowest BCUT2D eigenvalue weighted by molar-refractivity contribution is 0.102. The van der Waals surface area contributed by atoms with Gasteiger partial charge in [-0.3, -0.25) is 10.1 Å². The molecular formula is C17H11BrN4OS2. The molecule has 0 fully saturated rings. The van der Waals surface area contributed by atoms with Crippen LogP contribution in [-0.4, -0.2) is 16.1 Å². The Morgan fingerprint density at radius 2 is 1.88 bits per heavy atom. The molecule has 0 bridgehead atoms. The highest BCUT2D eigenvalue weighted by Gasteiger charge is 2.10. The third-order valence-corrected chi connectivity index (χ3v) is 5.75. The molecule has 0 atom stereocenters. The Labute approximate surface area is 161 Å². The van der Waals surface area contributed by atoms with Crippen molar-refractivity contribution in [3.63, 3.8) is 0 Å². The average Bonchev–Trinajstić information content (AvgIpc) is 3.08. The highest BCUT2D eigenvalue weighted by molar-refractivity contribution is 9.10. The van der Waals surface area contributed by atoms with E-state index in [1.165, 1.54) is 23.1 Å². The summed E-state index contributed by atoms with van der Waals surface area (Å²) in [6.07, 6.45) is 0. The second kappa shape index (κ2) is 8.25. The molecule has 1 aromatic heterocycles. The predicted octanol–water partition coefficient (Wildman–Crippen LogP) is 4.72. The van der Waals surface area contributed by atoms with Gasteiger partial charge in [-0.1, -0.05) is 51.2 Å². The number of amides is 1. The molecule has 124 valence electrons. The molecule has 0 spiro atoms. The maximum absolute atomic E-state index is 12.2. The molecule has 2 aromatic carbocycles. The Bertz CT molecular complexity index is 917. The van der Waals surface area contributed by atoms with Crippen molar-refractivity contribution in [1.29, 1.82) is 5.26 Å². The van der Waals surface area contributed by atoms with Crippen LogP contribution in [0.4, 0.5) is 5.13 Å². The highest BCUT2D eigenvalue weighted by atomic mass is 79.9. The summed E-state index contributed by atoms with van der Waals surface area (Å²) < 4.78 is 1.69. The first-order valence-electron chi connectivity index (χ1n) is 7.16. The summed E-state index contributed by atoms with van der Waals surface area (Å²) in [7, 11) is 0. The molecule has 1 heterocycles. The SMILES string of the molecule is N#Cc1ccc(CSc2nnc(NC(=O)c3ccc(Br)cc3)s2)cc1. The monoisotopic (exact) mass is 430 g/mol. The van der Waals surface area contributed by atoms with Crippen LogP contribution in [0.2, 0.25) is 0 Å². The number of carbonyl (C=O) groups is 1. The van der Waals surface area contributed by atoms with E-state index in [1.54, 1.807) is 24.3 Å².